The lowest BCUT2D eigenvalue weighted by atomic mass is 10.0. The molecule has 0 bridgehead atoms. The predicted octanol–water partition coefficient (Wildman–Crippen LogP) is 1.98. The molecular formula is C20H30O7. The van der Waals surface area contributed by atoms with E-state index in [0.29, 0.717) is 25.9 Å². The molecule has 2 heterocycles. The summed E-state index contributed by atoms with van der Waals surface area (Å²) in [6.07, 6.45) is -1.66. The normalized spacial score (nSPS) is 37.1. The van der Waals surface area contributed by atoms with Gasteiger partial charge in [-0.15, -0.1) is 0 Å². The molecule has 0 aliphatic carbocycles. The molecule has 7 heteroatoms. The van der Waals surface area contributed by atoms with Crippen molar-refractivity contribution in [2.45, 2.75) is 82.8 Å². The maximum absolute atomic E-state index is 10.5. The Hall–Kier alpha value is -1.22. The maximum atomic E-state index is 10.5. The molecule has 2 aliphatic rings. The fourth-order valence-corrected chi connectivity index (χ4v) is 3.45. The highest BCUT2D eigenvalue weighted by Crippen LogP contribution is 2.28. The fourth-order valence-electron chi connectivity index (χ4n) is 3.45. The second-order valence-electron chi connectivity index (χ2n) is 7.25. The summed E-state index contributed by atoms with van der Waals surface area (Å²) in [6.45, 7) is 4.07. The lowest BCUT2D eigenvalue weighted by molar-refractivity contribution is -0.304. The van der Waals surface area contributed by atoms with Crippen molar-refractivity contribution in [1.29, 1.82) is 0 Å². The van der Waals surface area contributed by atoms with Crippen molar-refractivity contribution in [2.75, 3.05) is 7.11 Å². The van der Waals surface area contributed by atoms with Crippen LogP contribution in [0.25, 0.3) is 0 Å². The number of aliphatic hydroxyl groups excluding tert-OH is 2. The van der Waals surface area contributed by atoms with E-state index in [2.05, 4.69) is 0 Å². The molecule has 2 fully saturated rings. The van der Waals surface area contributed by atoms with Crippen molar-refractivity contribution in [2.24, 2.45) is 0 Å². The first-order chi connectivity index (χ1) is 13.0. The number of rotatable bonds is 6. The van der Waals surface area contributed by atoms with Crippen LogP contribution >= 0.6 is 0 Å². The van der Waals surface area contributed by atoms with Gasteiger partial charge in [-0.3, -0.25) is 0 Å². The standard InChI is InChI=1S/C20H30O7/c1-12-16(21)8-9-18(25-12)27-20-13(2)26-19(10-17(20)22)24-11-14-4-6-15(23-3)7-5-14/h4-7,12-13,16-22H,8-11H2,1-3H3/t12-,13+,16-,17+,18-,19+,20+/m0/s1. The number of ether oxygens (including phenoxy) is 5. The van der Waals surface area contributed by atoms with E-state index in [0.717, 1.165) is 11.3 Å². The van der Waals surface area contributed by atoms with Crippen LogP contribution in [-0.4, -0.2) is 60.4 Å². The average Bonchev–Trinajstić information content (AvgIpc) is 2.66. The highest BCUT2D eigenvalue weighted by Gasteiger charge is 2.39. The van der Waals surface area contributed by atoms with Gasteiger partial charge in [0, 0.05) is 12.8 Å². The lowest BCUT2D eigenvalue weighted by Crippen LogP contribution is -2.51. The number of aliphatic hydroxyl groups is 2. The smallest absolute Gasteiger partial charge is 0.161 e. The van der Waals surface area contributed by atoms with Crippen molar-refractivity contribution >= 4 is 0 Å². The van der Waals surface area contributed by atoms with E-state index in [9.17, 15) is 10.2 Å². The Morgan fingerprint density at radius 1 is 0.963 bits per heavy atom. The second kappa shape index (κ2) is 9.32. The van der Waals surface area contributed by atoms with Crippen LogP contribution in [0.2, 0.25) is 0 Å². The molecule has 0 unspecified atom stereocenters. The van der Waals surface area contributed by atoms with Crippen LogP contribution in [0.1, 0.15) is 38.7 Å². The van der Waals surface area contributed by atoms with E-state index in [1.807, 2.05) is 38.1 Å². The highest BCUT2D eigenvalue weighted by atomic mass is 16.7. The second-order valence-corrected chi connectivity index (χ2v) is 7.25. The number of hydrogen-bond donors (Lipinski definition) is 2. The quantitative estimate of drug-likeness (QED) is 0.778. The topological polar surface area (TPSA) is 86.6 Å². The molecule has 1 aromatic carbocycles. The minimum Gasteiger partial charge on any atom is -0.497 e. The Kier molecular flexibility index (Phi) is 7.08. The molecule has 152 valence electrons. The van der Waals surface area contributed by atoms with Gasteiger partial charge in [0.05, 0.1) is 38.1 Å². The first-order valence-corrected chi connectivity index (χ1v) is 9.53. The summed E-state index contributed by atoms with van der Waals surface area (Å²) in [5.74, 6) is 0.795. The van der Waals surface area contributed by atoms with Gasteiger partial charge in [0.15, 0.2) is 12.6 Å². The van der Waals surface area contributed by atoms with Gasteiger partial charge in [-0.2, -0.15) is 0 Å². The number of hydrogen-bond acceptors (Lipinski definition) is 7. The Morgan fingerprint density at radius 3 is 2.30 bits per heavy atom. The summed E-state index contributed by atoms with van der Waals surface area (Å²) >= 11 is 0. The Morgan fingerprint density at radius 2 is 1.67 bits per heavy atom. The van der Waals surface area contributed by atoms with Gasteiger partial charge < -0.3 is 33.9 Å². The highest BCUT2D eigenvalue weighted by molar-refractivity contribution is 5.26. The Labute approximate surface area is 160 Å². The molecule has 7 atom stereocenters. The molecule has 0 spiro atoms. The van der Waals surface area contributed by atoms with Crippen LogP contribution in [0.3, 0.4) is 0 Å². The third-order valence-electron chi connectivity index (χ3n) is 5.15. The Bertz CT molecular complexity index is 566. The molecule has 3 rings (SSSR count). The Balaban J connectivity index is 1.47. The predicted molar refractivity (Wildman–Crippen MR) is 97.2 cm³/mol. The van der Waals surface area contributed by atoms with Gasteiger partial charge in [0.1, 0.15) is 11.9 Å². The van der Waals surface area contributed by atoms with Gasteiger partial charge in [0.25, 0.3) is 0 Å². The SMILES string of the molecule is COc1ccc(CO[C@H]2C[C@@H](O)[C@H](O[C@H]3CC[C@H](O)[C@H](C)O3)[C@@H](C)O2)cc1. The number of benzene rings is 1. The maximum Gasteiger partial charge on any atom is 0.161 e. The summed E-state index contributed by atoms with van der Waals surface area (Å²) < 4.78 is 28.4. The monoisotopic (exact) mass is 382 g/mol. The van der Waals surface area contributed by atoms with Crippen LogP contribution in [0, 0.1) is 0 Å². The molecule has 2 saturated heterocycles. The van der Waals surface area contributed by atoms with E-state index < -0.39 is 30.9 Å². The van der Waals surface area contributed by atoms with Crippen LogP contribution in [-0.2, 0) is 25.6 Å². The van der Waals surface area contributed by atoms with Gasteiger partial charge in [-0.1, -0.05) is 12.1 Å². The van der Waals surface area contributed by atoms with Crippen molar-refractivity contribution in [3.05, 3.63) is 29.8 Å². The molecular weight excluding hydrogens is 352 g/mol. The zero-order chi connectivity index (χ0) is 19.4. The third-order valence-corrected chi connectivity index (χ3v) is 5.15. The van der Waals surface area contributed by atoms with E-state index >= 15 is 0 Å². The lowest BCUT2D eigenvalue weighted by Gasteiger charge is -2.41. The fraction of sp³-hybridized carbons (Fsp3) is 0.700. The molecule has 7 nitrogen and oxygen atoms in total. The zero-order valence-corrected chi connectivity index (χ0v) is 16.1. The van der Waals surface area contributed by atoms with Crippen LogP contribution in [0.4, 0.5) is 0 Å². The summed E-state index contributed by atoms with van der Waals surface area (Å²) in [5, 5.41) is 20.3. The summed E-state index contributed by atoms with van der Waals surface area (Å²) in [4.78, 5) is 0. The van der Waals surface area contributed by atoms with Crippen LogP contribution in [0.5, 0.6) is 5.75 Å². The minimum atomic E-state index is -0.708. The molecule has 0 saturated carbocycles. The minimum absolute atomic E-state index is 0.277. The van der Waals surface area contributed by atoms with Crippen LogP contribution in [0.15, 0.2) is 24.3 Å². The average molecular weight is 382 g/mol. The summed E-state index contributed by atoms with van der Waals surface area (Å²) in [6, 6.07) is 7.63. The third kappa shape index (κ3) is 5.40. The van der Waals surface area contributed by atoms with Gasteiger partial charge in [-0.05, 0) is 38.0 Å². The zero-order valence-electron chi connectivity index (χ0n) is 16.1. The molecule has 2 N–H and O–H groups in total. The molecule has 0 radical (unpaired) electrons. The summed E-state index contributed by atoms with van der Waals surface area (Å²) in [5.41, 5.74) is 1.00. The van der Waals surface area contributed by atoms with Gasteiger partial charge in [-0.25, -0.2) is 0 Å². The van der Waals surface area contributed by atoms with E-state index in [4.69, 9.17) is 23.7 Å². The largest absolute Gasteiger partial charge is 0.497 e. The van der Waals surface area contributed by atoms with Crippen molar-refractivity contribution in [1.82, 2.24) is 0 Å². The van der Waals surface area contributed by atoms with E-state index in [1.165, 1.54) is 0 Å². The molecule has 1 aromatic rings. The van der Waals surface area contributed by atoms with E-state index in [-0.39, 0.29) is 12.2 Å². The molecule has 0 aromatic heterocycles. The molecule has 2 aliphatic heterocycles. The summed E-state index contributed by atoms with van der Waals surface area (Å²) in [7, 11) is 1.63. The van der Waals surface area contributed by atoms with Crippen LogP contribution < -0.4 is 4.74 Å². The van der Waals surface area contributed by atoms with Crippen molar-refractivity contribution < 1.29 is 33.9 Å². The first-order valence-electron chi connectivity index (χ1n) is 9.53. The molecule has 0 amide bonds. The number of methoxy groups -OCH3 is 1. The van der Waals surface area contributed by atoms with Crippen molar-refractivity contribution in [3.63, 3.8) is 0 Å². The van der Waals surface area contributed by atoms with Gasteiger partial charge >= 0.3 is 0 Å². The first kappa shape index (κ1) is 20.5. The van der Waals surface area contributed by atoms with Crippen molar-refractivity contribution in [3.8, 4) is 5.75 Å². The van der Waals surface area contributed by atoms with Gasteiger partial charge in [0.2, 0.25) is 0 Å². The molecule has 27 heavy (non-hydrogen) atoms. The van der Waals surface area contributed by atoms with E-state index in [1.54, 1.807) is 7.11 Å².